The van der Waals surface area contributed by atoms with E-state index in [2.05, 4.69) is 10.3 Å². The summed E-state index contributed by atoms with van der Waals surface area (Å²) in [4.78, 5) is 27.8. The van der Waals surface area contributed by atoms with Crippen LogP contribution in [0.4, 0.5) is 0 Å². The summed E-state index contributed by atoms with van der Waals surface area (Å²) < 4.78 is 5.18. The summed E-state index contributed by atoms with van der Waals surface area (Å²) in [6.07, 6.45) is 1.55. The number of ether oxygens (including phenoxy) is 1. The Bertz CT molecular complexity index is 884. The molecule has 1 unspecified atom stereocenters. The molecule has 2 aromatic carbocycles. The van der Waals surface area contributed by atoms with Gasteiger partial charge in [0.25, 0.3) is 11.7 Å². The van der Waals surface area contributed by atoms with Gasteiger partial charge in [-0.2, -0.15) is 0 Å². The van der Waals surface area contributed by atoms with Gasteiger partial charge in [-0.1, -0.05) is 30.3 Å². The lowest BCUT2D eigenvalue weighted by atomic mass is 10.1. The van der Waals surface area contributed by atoms with Gasteiger partial charge in [0.05, 0.1) is 18.7 Å². The van der Waals surface area contributed by atoms with Crippen molar-refractivity contribution in [2.75, 3.05) is 7.11 Å². The summed E-state index contributed by atoms with van der Waals surface area (Å²) in [6, 6.07) is 14.6. The fourth-order valence-electron chi connectivity index (χ4n) is 2.62. The second kappa shape index (κ2) is 6.58. The van der Waals surface area contributed by atoms with Crippen LogP contribution in [0.15, 0.2) is 54.7 Å². The number of aromatic nitrogens is 1. The maximum atomic E-state index is 12.5. The predicted octanol–water partition coefficient (Wildman–Crippen LogP) is 3.24. The van der Waals surface area contributed by atoms with Crippen molar-refractivity contribution in [3.63, 3.8) is 0 Å². The smallest absolute Gasteiger partial charge is 0.292 e. The highest BCUT2D eigenvalue weighted by Crippen LogP contribution is 2.24. The highest BCUT2D eigenvalue weighted by atomic mass is 16.5. The van der Waals surface area contributed by atoms with Crippen LogP contribution in [-0.4, -0.2) is 23.8 Å². The van der Waals surface area contributed by atoms with E-state index in [1.54, 1.807) is 25.4 Å². The van der Waals surface area contributed by atoms with E-state index < -0.39 is 11.7 Å². The lowest BCUT2D eigenvalue weighted by Gasteiger charge is -2.13. The Labute approximate surface area is 139 Å². The zero-order chi connectivity index (χ0) is 17.1. The fourth-order valence-corrected chi connectivity index (χ4v) is 2.62. The van der Waals surface area contributed by atoms with Crippen LogP contribution in [0.25, 0.3) is 10.9 Å². The van der Waals surface area contributed by atoms with Crippen molar-refractivity contribution in [2.24, 2.45) is 0 Å². The minimum atomic E-state index is -0.630. The number of rotatable bonds is 5. The van der Waals surface area contributed by atoms with Gasteiger partial charge in [0, 0.05) is 17.1 Å². The van der Waals surface area contributed by atoms with Crippen molar-refractivity contribution < 1.29 is 14.3 Å². The molecule has 0 saturated heterocycles. The van der Waals surface area contributed by atoms with Gasteiger partial charge < -0.3 is 15.0 Å². The number of nitrogens with one attached hydrogen (secondary N) is 2. The van der Waals surface area contributed by atoms with E-state index in [9.17, 15) is 9.59 Å². The minimum absolute atomic E-state index is 0.248. The van der Waals surface area contributed by atoms with Crippen LogP contribution >= 0.6 is 0 Å². The Kier molecular flexibility index (Phi) is 4.33. The third-order valence-electron chi connectivity index (χ3n) is 3.99. The molecule has 0 aliphatic carbocycles. The molecule has 24 heavy (non-hydrogen) atoms. The number of methoxy groups -OCH3 is 1. The number of H-pyrrole nitrogens is 1. The first kappa shape index (κ1) is 15.8. The molecule has 1 atom stereocenters. The normalized spacial score (nSPS) is 11.9. The maximum Gasteiger partial charge on any atom is 0.292 e. The number of amides is 1. The number of hydrogen-bond donors (Lipinski definition) is 2. The van der Waals surface area contributed by atoms with Crippen molar-refractivity contribution in [2.45, 2.75) is 13.0 Å². The number of carbonyl (C=O) groups excluding carboxylic acids is 2. The average molecular weight is 322 g/mol. The van der Waals surface area contributed by atoms with E-state index >= 15 is 0 Å². The first-order chi connectivity index (χ1) is 11.6. The third kappa shape index (κ3) is 3.01. The van der Waals surface area contributed by atoms with E-state index in [0.717, 1.165) is 11.1 Å². The Hall–Kier alpha value is -3.08. The Morgan fingerprint density at radius 2 is 1.88 bits per heavy atom. The Balaban J connectivity index is 1.82. The van der Waals surface area contributed by atoms with E-state index in [1.807, 2.05) is 43.3 Å². The Morgan fingerprint density at radius 3 is 2.58 bits per heavy atom. The first-order valence-electron chi connectivity index (χ1n) is 7.65. The van der Waals surface area contributed by atoms with Crippen LogP contribution in [0.5, 0.6) is 5.75 Å². The Morgan fingerprint density at radius 1 is 1.12 bits per heavy atom. The third-order valence-corrected chi connectivity index (χ3v) is 3.99. The molecule has 3 rings (SSSR count). The molecule has 1 amide bonds. The quantitative estimate of drug-likeness (QED) is 0.559. The lowest BCUT2D eigenvalue weighted by Crippen LogP contribution is -2.33. The van der Waals surface area contributed by atoms with Gasteiger partial charge >= 0.3 is 0 Å². The molecule has 122 valence electrons. The van der Waals surface area contributed by atoms with Crippen LogP contribution < -0.4 is 10.1 Å². The number of ketones is 1. The van der Waals surface area contributed by atoms with Crippen molar-refractivity contribution in [1.29, 1.82) is 0 Å². The van der Waals surface area contributed by atoms with E-state index in [-0.39, 0.29) is 6.04 Å². The number of hydrogen-bond acceptors (Lipinski definition) is 3. The second-order valence-corrected chi connectivity index (χ2v) is 5.55. The molecule has 0 radical (unpaired) electrons. The van der Waals surface area contributed by atoms with Crippen LogP contribution in [0.1, 0.15) is 28.9 Å². The number of fused-ring (bicyclic) bond motifs is 1. The first-order valence-corrected chi connectivity index (χ1v) is 7.65. The van der Waals surface area contributed by atoms with Crippen LogP contribution in [0.2, 0.25) is 0 Å². The highest BCUT2D eigenvalue weighted by molar-refractivity contribution is 6.45. The van der Waals surface area contributed by atoms with E-state index in [0.29, 0.717) is 16.7 Å². The molecule has 5 heteroatoms. The highest BCUT2D eigenvalue weighted by Gasteiger charge is 2.22. The SMILES string of the molecule is COc1ccc2[nH]cc(C(=O)C(=O)NC(C)c3ccccc3)c2c1. The minimum Gasteiger partial charge on any atom is -0.497 e. The summed E-state index contributed by atoms with van der Waals surface area (Å²) in [6.45, 7) is 1.85. The summed E-state index contributed by atoms with van der Waals surface area (Å²) >= 11 is 0. The number of aromatic amines is 1. The molecule has 0 fully saturated rings. The lowest BCUT2D eigenvalue weighted by molar-refractivity contribution is -0.117. The molecule has 0 bridgehead atoms. The van der Waals surface area contributed by atoms with Crippen molar-refractivity contribution in [3.05, 3.63) is 65.9 Å². The van der Waals surface area contributed by atoms with Gasteiger partial charge in [0.15, 0.2) is 0 Å². The molecule has 0 aliphatic heterocycles. The molecule has 0 spiro atoms. The van der Waals surface area contributed by atoms with Crippen LogP contribution in [0.3, 0.4) is 0 Å². The number of carbonyl (C=O) groups is 2. The molecule has 3 aromatic rings. The predicted molar refractivity (Wildman–Crippen MR) is 92.2 cm³/mol. The largest absolute Gasteiger partial charge is 0.497 e. The summed E-state index contributed by atoms with van der Waals surface area (Å²) in [5.74, 6) is -0.568. The number of benzene rings is 2. The monoisotopic (exact) mass is 322 g/mol. The van der Waals surface area contributed by atoms with Gasteiger partial charge in [-0.15, -0.1) is 0 Å². The van der Waals surface area contributed by atoms with Crippen molar-refractivity contribution >= 4 is 22.6 Å². The molecule has 5 nitrogen and oxygen atoms in total. The summed E-state index contributed by atoms with van der Waals surface area (Å²) in [5.41, 5.74) is 2.06. The van der Waals surface area contributed by atoms with Crippen molar-refractivity contribution in [3.8, 4) is 5.75 Å². The van der Waals surface area contributed by atoms with Gasteiger partial charge in [0.1, 0.15) is 5.75 Å². The van der Waals surface area contributed by atoms with Gasteiger partial charge in [-0.25, -0.2) is 0 Å². The molecular formula is C19H18N2O3. The van der Waals surface area contributed by atoms with E-state index in [4.69, 9.17) is 4.74 Å². The zero-order valence-corrected chi connectivity index (χ0v) is 13.5. The number of Topliss-reactive ketones (excluding diaryl/α,β-unsaturated/α-hetero) is 1. The fraction of sp³-hybridized carbons (Fsp3) is 0.158. The molecular weight excluding hydrogens is 304 g/mol. The molecule has 1 heterocycles. The van der Waals surface area contributed by atoms with Crippen LogP contribution in [-0.2, 0) is 4.79 Å². The molecule has 0 saturated carbocycles. The summed E-state index contributed by atoms with van der Waals surface area (Å²) in [5, 5.41) is 3.41. The van der Waals surface area contributed by atoms with E-state index in [1.165, 1.54) is 0 Å². The molecule has 1 aromatic heterocycles. The summed E-state index contributed by atoms with van der Waals surface area (Å²) in [7, 11) is 1.56. The maximum absolute atomic E-state index is 12.5. The standard InChI is InChI=1S/C19H18N2O3/c1-12(13-6-4-3-5-7-13)21-19(23)18(22)16-11-20-17-9-8-14(24-2)10-15(16)17/h3-12,20H,1-2H3,(H,21,23). The molecule has 2 N–H and O–H groups in total. The van der Waals surface area contributed by atoms with Gasteiger partial charge in [0.2, 0.25) is 0 Å². The molecule has 0 aliphatic rings. The second-order valence-electron chi connectivity index (χ2n) is 5.55. The zero-order valence-electron chi connectivity index (χ0n) is 13.5. The average Bonchev–Trinajstić information content (AvgIpc) is 3.04. The van der Waals surface area contributed by atoms with Gasteiger partial charge in [-0.3, -0.25) is 9.59 Å². The topological polar surface area (TPSA) is 71.2 Å². The van der Waals surface area contributed by atoms with Crippen LogP contribution in [0, 0.1) is 0 Å². The van der Waals surface area contributed by atoms with Crippen molar-refractivity contribution in [1.82, 2.24) is 10.3 Å². The van der Waals surface area contributed by atoms with Gasteiger partial charge in [-0.05, 0) is 30.7 Å².